The van der Waals surface area contributed by atoms with Crippen LogP contribution >= 0.6 is 0 Å². The van der Waals surface area contributed by atoms with Crippen molar-refractivity contribution < 1.29 is 18.3 Å². The Hall–Kier alpha value is -2.63. The second-order valence-electron chi connectivity index (χ2n) is 4.44. The lowest BCUT2D eigenvalue weighted by Gasteiger charge is -2.15. The first-order chi connectivity index (χ1) is 9.95. The molecular formula is C15H14F2N2O2. The first-order valence-corrected chi connectivity index (χ1v) is 6.14. The zero-order valence-corrected chi connectivity index (χ0v) is 11.5. The first kappa shape index (κ1) is 14.8. The molecule has 0 aliphatic rings. The Balaban J connectivity index is 2.55. The minimum absolute atomic E-state index is 0.0952. The van der Waals surface area contributed by atoms with Crippen LogP contribution < -0.4 is 11.1 Å². The maximum atomic E-state index is 14.0. The van der Waals surface area contributed by atoms with Crippen LogP contribution in [0.15, 0.2) is 30.3 Å². The lowest BCUT2D eigenvalue weighted by Crippen LogP contribution is -2.09. The molecule has 0 aliphatic carbocycles. The minimum atomic E-state index is -0.780. The molecule has 0 fully saturated rings. The van der Waals surface area contributed by atoms with E-state index in [0.717, 1.165) is 6.07 Å². The molecule has 0 saturated carbocycles. The molecular weight excluding hydrogens is 278 g/mol. The van der Waals surface area contributed by atoms with Gasteiger partial charge in [0.05, 0.1) is 24.0 Å². The second kappa shape index (κ2) is 5.78. The van der Waals surface area contributed by atoms with Gasteiger partial charge < -0.3 is 15.8 Å². The molecule has 3 N–H and O–H groups in total. The number of hydrogen-bond acceptors (Lipinski definition) is 4. The summed E-state index contributed by atoms with van der Waals surface area (Å²) in [5, 5.41) is 2.56. The third-order valence-electron chi connectivity index (χ3n) is 3.04. The standard InChI is InChI=1S/C15H14F2N2O2/c1-8-6-7-10(16)14(12(8)17)19-13-9(15(20)21-2)4-3-5-11(13)18/h3-7,19H,18H2,1-2H3. The molecule has 0 heterocycles. The molecule has 0 atom stereocenters. The number of halogens is 2. The number of esters is 1. The molecule has 0 radical (unpaired) electrons. The number of ether oxygens (including phenoxy) is 1. The van der Waals surface area contributed by atoms with E-state index < -0.39 is 17.6 Å². The van der Waals surface area contributed by atoms with Crippen molar-refractivity contribution in [2.24, 2.45) is 0 Å². The van der Waals surface area contributed by atoms with Gasteiger partial charge in [0.15, 0.2) is 5.82 Å². The molecule has 0 unspecified atom stereocenters. The zero-order valence-electron chi connectivity index (χ0n) is 11.5. The van der Waals surface area contributed by atoms with Gasteiger partial charge in [-0.1, -0.05) is 12.1 Å². The van der Waals surface area contributed by atoms with Gasteiger partial charge in [-0.25, -0.2) is 13.6 Å². The Morgan fingerprint density at radius 3 is 2.57 bits per heavy atom. The maximum Gasteiger partial charge on any atom is 0.340 e. The molecule has 2 aromatic carbocycles. The van der Waals surface area contributed by atoms with Crippen LogP contribution in [0.1, 0.15) is 15.9 Å². The van der Waals surface area contributed by atoms with Crippen LogP contribution in [-0.4, -0.2) is 13.1 Å². The molecule has 0 spiro atoms. The Labute approximate surface area is 120 Å². The normalized spacial score (nSPS) is 10.3. The predicted molar refractivity (Wildman–Crippen MR) is 76.6 cm³/mol. The van der Waals surface area contributed by atoms with Crippen LogP contribution in [0.25, 0.3) is 0 Å². The SMILES string of the molecule is COC(=O)c1cccc(N)c1Nc1c(F)ccc(C)c1F. The largest absolute Gasteiger partial charge is 0.465 e. The fraction of sp³-hybridized carbons (Fsp3) is 0.133. The molecule has 0 aromatic heterocycles. The lowest BCUT2D eigenvalue weighted by atomic mass is 10.1. The molecule has 0 aliphatic heterocycles. The van der Waals surface area contributed by atoms with Crippen LogP contribution in [0.4, 0.5) is 25.8 Å². The highest BCUT2D eigenvalue weighted by molar-refractivity contribution is 5.99. The Morgan fingerprint density at radius 2 is 1.90 bits per heavy atom. The fourth-order valence-electron chi connectivity index (χ4n) is 1.89. The van der Waals surface area contributed by atoms with Gasteiger partial charge in [0.1, 0.15) is 11.5 Å². The number of methoxy groups -OCH3 is 1. The van der Waals surface area contributed by atoms with Crippen molar-refractivity contribution in [2.75, 3.05) is 18.2 Å². The van der Waals surface area contributed by atoms with Gasteiger partial charge >= 0.3 is 5.97 Å². The number of nitrogens with two attached hydrogens (primary N) is 1. The van der Waals surface area contributed by atoms with E-state index >= 15 is 0 Å². The number of aryl methyl sites for hydroxylation is 1. The van der Waals surface area contributed by atoms with E-state index in [2.05, 4.69) is 10.1 Å². The third-order valence-corrected chi connectivity index (χ3v) is 3.04. The average molecular weight is 292 g/mol. The van der Waals surface area contributed by atoms with Gasteiger partial charge in [-0.2, -0.15) is 0 Å². The Bertz CT molecular complexity index is 702. The average Bonchev–Trinajstić information content (AvgIpc) is 2.48. The Kier molecular flexibility index (Phi) is 4.07. The zero-order chi connectivity index (χ0) is 15.6. The van der Waals surface area contributed by atoms with Crippen molar-refractivity contribution >= 4 is 23.0 Å². The van der Waals surface area contributed by atoms with E-state index in [1.54, 1.807) is 6.07 Å². The highest BCUT2D eigenvalue weighted by Crippen LogP contribution is 2.31. The van der Waals surface area contributed by atoms with Crippen molar-refractivity contribution in [1.82, 2.24) is 0 Å². The van der Waals surface area contributed by atoms with Crippen LogP contribution in [0, 0.1) is 18.6 Å². The number of rotatable bonds is 3. The summed E-state index contributed by atoms with van der Waals surface area (Å²) >= 11 is 0. The molecule has 0 bridgehead atoms. The van der Waals surface area contributed by atoms with Crippen molar-refractivity contribution in [3.63, 3.8) is 0 Å². The van der Waals surface area contributed by atoms with Gasteiger partial charge in [0.2, 0.25) is 0 Å². The quantitative estimate of drug-likeness (QED) is 0.672. The molecule has 0 saturated heterocycles. The molecule has 21 heavy (non-hydrogen) atoms. The maximum absolute atomic E-state index is 14.0. The number of carbonyl (C=O) groups excluding carboxylic acids is 1. The van der Waals surface area contributed by atoms with Crippen molar-refractivity contribution in [1.29, 1.82) is 0 Å². The minimum Gasteiger partial charge on any atom is -0.465 e. The molecule has 0 amide bonds. The van der Waals surface area contributed by atoms with Crippen molar-refractivity contribution in [3.8, 4) is 0 Å². The van der Waals surface area contributed by atoms with E-state index in [4.69, 9.17) is 5.73 Å². The summed E-state index contributed by atoms with van der Waals surface area (Å²) < 4.78 is 32.5. The van der Waals surface area contributed by atoms with Crippen LogP contribution in [0.2, 0.25) is 0 Å². The lowest BCUT2D eigenvalue weighted by molar-refractivity contribution is 0.0602. The highest BCUT2D eigenvalue weighted by atomic mass is 19.1. The summed E-state index contributed by atoms with van der Waals surface area (Å²) in [4.78, 5) is 11.7. The molecule has 6 heteroatoms. The number of hydrogen-bond donors (Lipinski definition) is 2. The van der Waals surface area contributed by atoms with Crippen LogP contribution in [-0.2, 0) is 4.74 Å². The summed E-state index contributed by atoms with van der Waals surface area (Å²) in [6, 6.07) is 6.98. The topological polar surface area (TPSA) is 64.3 Å². The van der Waals surface area contributed by atoms with Crippen molar-refractivity contribution in [2.45, 2.75) is 6.92 Å². The summed E-state index contributed by atoms with van der Waals surface area (Å²) in [5.74, 6) is -2.18. The molecule has 2 aromatic rings. The number of benzene rings is 2. The second-order valence-corrected chi connectivity index (χ2v) is 4.44. The predicted octanol–water partition coefficient (Wildman–Crippen LogP) is 3.39. The molecule has 110 valence electrons. The summed E-state index contributed by atoms with van der Waals surface area (Å²) in [6.07, 6.45) is 0. The summed E-state index contributed by atoms with van der Waals surface area (Å²) in [7, 11) is 1.21. The molecule has 4 nitrogen and oxygen atoms in total. The van der Waals surface area contributed by atoms with Gasteiger partial charge in [0.25, 0.3) is 0 Å². The third kappa shape index (κ3) is 2.79. The Morgan fingerprint density at radius 1 is 1.19 bits per heavy atom. The van der Waals surface area contributed by atoms with Crippen LogP contribution in [0.5, 0.6) is 0 Å². The van der Waals surface area contributed by atoms with E-state index in [-0.39, 0.29) is 28.2 Å². The van der Waals surface area contributed by atoms with Gasteiger partial charge in [0, 0.05) is 0 Å². The first-order valence-electron chi connectivity index (χ1n) is 6.14. The van der Waals surface area contributed by atoms with Gasteiger partial charge in [-0.3, -0.25) is 0 Å². The van der Waals surface area contributed by atoms with E-state index in [0.29, 0.717) is 0 Å². The molecule has 2 rings (SSSR count). The number of anilines is 3. The number of para-hydroxylation sites is 1. The fourth-order valence-corrected chi connectivity index (χ4v) is 1.89. The van der Waals surface area contributed by atoms with Crippen molar-refractivity contribution in [3.05, 3.63) is 53.1 Å². The number of carbonyl (C=O) groups is 1. The van der Waals surface area contributed by atoms with E-state index in [1.807, 2.05) is 0 Å². The summed E-state index contributed by atoms with van der Waals surface area (Å²) in [6.45, 7) is 1.51. The van der Waals surface area contributed by atoms with E-state index in [1.165, 1.54) is 32.2 Å². The highest BCUT2D eigenvalue weighted by Gasteiger charge is 2.18. The van der Waals surface area contributed by atoms with Gasteiger partial charge in [-0.15, -0.1) is 0 Å². The smallest absolute Gasteiger partial charge is 0.340 e. The number of nitrogens with one attached hydrogen (secondary N) is 1. The van der Waals surface area contributed by atoms with Gasteiger partial charge in [-0.05, 0) is 30.7 Å². The monoisotopic (exact) mass is 292 g/mol. The number of nitrogen functional groups attached to an aromatic ring is 1. The summed E-state index contributed by atoms with van der Waals surface area (Å²) in [5.41, 5.74) is 6.07. The van der Waals surface area contributed by atoms with E-state index in [9.17, 15) is 13.6 Å². The van der Waals surface area contributed by atoms with Crippen LogP contribution in [0.3, 0.4) is 0 Å².